The Hall–Kier alpha value is -4.07. The summed E-state index contributed by atoms with van der Waals surface area (Å²) in [6.45, 7) is 3.57. The van der Waals surface area contributed by atoms with Crippen molar-refractivity contribution in [1.29, 1.82) is 0 Å². The van der Waals surface area contributed by atoms with Gasteiger partial charge in [-0.1, -0.05) is 18.2 Å². The molecule has 1 N–H and O–H groups in total. The summed E-state index contributed by atoms with van der Waals surface area (Å²) in [7, 11) is 0. The Kier molecular flexibility index (Phi) is 5.70. The Morgan fingerprint density at radius 2 is 1.84 bits per heavy atom. The van der Waals surface area contributed by atoms with E-state index in [1.165, 1.54) is 6.07 Å². The van der Waals surface area contributed by atoms with Gasteiger partial charge < -0.3 is 19.3 Å². The van der Waals surface area contributed by atoms with Gasteiger partial charge in [0, 0.05) is 17.8 Å². The molecule has 0 saturated heterocycles. The summed E-state index contributed by atoms with van der Waals surface area (Å²) < 4.78 is 17.7. The van der Waals surface area contributed by atoms with Gasteiger partial charge in [0.05, 0.1) is 5.69 Å². The minimum atomic E-state index is -0.648. The van der Waals surface area contributed by atoms with Crippen LogP contribution in [0.15, 0.2) is 76.0 Å². The van der Waals surface area contributed by atoms with Crippen LogP contribution in [0.1, 0.15) is 18.4 Å². The van der Waals surface area contributed by atoms with Gasteiger partial charge in [-0.15, -0.1) is 4.57 Å². The molecule has 0 aliphatic carbocycles. The third kappa shape index (κ3) is 4.92. The number of amides is 1. The van der Waals surface area contributed by atoms with E-state index in [1.54, 1.807) is 56.3 Å². The number of aryl methyl sites for hydroxylation is 1. The van der Waals surface area contributed by atoms with Crippen molar-refractivity contribution in [2.45, 2.75) is 26.6 Å². The largest absolute Gasteiger partial charge is 0.487 e. The first-order chi connectivity index (χ1) is 15.0. The van der Waals surface area contributed by atoms with E-state index in [-0.39, 0.29) is 18.1 Å². The number of ether oxygens (including phenoxy) is 2. The highest BCUT2D eigenvalue weighted by molar-refractivity contribution is 5.94. The van der Waals surface area contributed by atoms with Gasteiger partial charge >= 0.3 is 0 Å². The lowest BCUT2D eigenvalue weighted by Gasteiger charge is -2.15. The molecular weight excluding hydrogens is 398 g/mol. The van der Waals surface area contributed by atoms with E-state index in [2.05, 4.69) is 10.3 Å². The number of rotatable bonds is 7. The quantitative estimate of drug-likeness (QED) is 0.492. The van der Waals surface area contributed by atoms with E-state index in [0.717, 1.165) is 4.57 Å². The molecule has 31 heavy (non-hydrogen) atoms. The maximum absolute atomic E-state index is 12.3. The van der Waals surface area contributed by atoms with Gasteiger partial charge in [0.1, 0.15) is 23.9 Å². The third-order valence-electron chi connectivity index (χ3n) is 4.46. The molecule has 1 amide bonds. The van der Waals surface area contributed by atoms with Crippen LogP contribution in [0, 0.1) is 6.92 Å². The molecule has 1 atom stereocenters. The minimum Gasteiger partial charge on any atom is -0.487 e. The fourth-order valence-corrected chi connectivity index (χ4v) is 2.94. The first-order valence-corrected chi connectivity index (χ1v) is 9.73. The molecule has 2 aromatic carbocycles. The van der Waals surface area contributed by atoms with E-state index < -0.39 is 6.10 Å². The van der Waals surface area contributed by atoms with E-state index in [4.69, 9.17) is 14.0 Å². The molecule has 8 nitrogen and oxygen atoms in total. The maximum Gasteiger partial charge on any atom is 0.287 e. The molecule has 0 aliphatic heterocycles. The van der Waals surface area contributed by atoms with Crippen LogP contribution in [0.3, 0.4) is 0 Å². The highest BCUT2D eigenvalue weighted by Gasteiger charge is 2.15. The summed E-state index contributed by atoms with van der Waals surface area (Å²) in [6, 6.07) is 19.1. The van der Waals surface area contributed by atoms with Gasteiger partial charge in [-0.2, -0.15) is 0 Å². The predicted octanol–water partition coefficient (Wildman–Crippen LogP) is 3.58. The lowest BCUT2D eigenvalue weighted by molar-refractivity contribution is -0.122. The fourth-order valence-electron chi connectivity index (χ4n) is 2.94. The standard InChI is InChI=1S/C23H21N3O5/c1-15-12-21-24-18(13-22(27)26(21)31-15)14-29-19-10-8-17(9-11-19)25-23(28)16(2)30-20-6-4-3-5-7-20/h3-13,16H,14H2,1-2H3,(H,25,28)/t16-/m0/s1. The Bertz CT molecular complexity index is 1250. The van der Waals surface area contributed by atoms with Crippen LogP contribution < -0.4 is 20.3 Å². The highest BCUT2D eigenvalue weighted by Crippen LogP contribution is 2.18. The van der Waals surface area contributed by atoms with Gasteiger partial charge in [-0.05, 0) is 50.2 Å². The molecular formula is C23H21N3O5. The van der Waals surface area contributed by atoms with Gasteiger partial charge in [-0.25, -0.2) is 4.98 Å². The Balaban J connectivity index is 1.34. The molecule has 2 aromatic heterocycles. The Labute approximate surface area is 178 Å². The van der Waals surface area contributed by atoms with Gasteiger partial charge in [-0.3, -0.25) is 9.59 Å². The summed E-state index contributed by atoms with van der Waals surface area (Å²) in [5.41, 5.74) is 1.25. The zero-order chi connectivity index (χ0) is 21.8. The third-order valence-corrected chi connectivity index (χ3v) is 4.46. The van der Waals surface area contributed by atoms with Crippen molar-refractivity contribution in [3.8, 4) is 11.5 Å². The minimum absolute atomic E-state index is 0.129. The summed E-state index contributed by atoms with van der Waals surface area (Å²) in [6.07, 6.45) is -0.648. The molecule has 0 aliphatic rings. The summed E-state index contributed by atoms with van der Waals surface area (Å²) in [5.74, 6) is 1.55. The van der Waals surface area contributed by atoms with Crippen molar-refractivity contribution in [3.05, 3.63) is 88.5 Å². The average Bonchev–Trinajstić information content (AvgIpc) is 3.15. The SMILES string of the molecule is Cc1cc2nc(COc3ccc(NC(=O)[C@H](C)Oc4ccccc4)cc3)cc(=O)n2o1. The number of hydrogen-bond acceptors (Lipinski definition) is 6. The number of fused-ring (bicyclic) bond motifs is 1. The van der Waals surface area contributed by atoms with Gasteiger partial charge in [0.15, 0.2) is 11.8 Å². The first-order valence-electron chi connectivity index (χ1n) is 9.73. The highest BCUT2D eigenvalue weighted by atomic mass is 16.5. The van der Waals surface area contributed by atoms with Crippen molar-refractivity contribution in [1.82, 2.24) is 9.56 Å². The van der Waals surface area contributed by atoms with Crippen molar-refractivity contribution in [2.75, 3.05) is 5.32 Å². The number of para-hydroxylation sites is 1. The predicted molar refractivity (Wildman–Crippen MR) is 114 cm³/mol. The molecule has 158 valence electrons. The van der Waals surface area contributed by atoms with Crippen LogP contribution in [0.4, 0.5) is 5.69 Å². The Morgan fingerprint density at radius 1 is 1.10 bits per heavy atom. The number of carbonyl (C=O) groups excluding carboxylic acids is 1. The van der Waals surface area contributed by atoms with Crippen molar-refractivity contribution in [2.24, 2.45) is 0 Å². The lowest BCUT2D eigenvalue weighted by Crippen LogP contribution is -2.30. The summed E-state index contributed by atoms with van der Waals surface area (Å²) >= 11 is 0. The zero-order valence-electron chi connectivity index (χ0n) is 17.1. The van der Waals surface area contributed by atoms with Crippen LogP contribution in [-0.2, 0) is 11.4 Å². The molecule has 0 bridgehead atoms. The number of hydrogen-bond donors (Lipinski definition) is 1. The number of nitrogens with one attached hydrogen (secondary N) is 1. The van der Waals surface area contributed by atoms with Crippen molar-refractivity contribution < 1.29 is 18.8 Å². The van der Waals surface area contributed by atoms with Gasteiger partial charge in [0.25, 0.3) is 11.5 Å². The number of nitrogens with zero attached hydrogens (tertiary/aromatic N) is 2. The number of benzene rings is 2. The first kappa shape index (κ1) is 20.2. The smallest absolute Gasteiger partial charge is 0.287 e. The molecule has 0 fully saturated rings. The van der Waals surface area contributed by atoms with Gasteiger partial charge in [0.2, 0.25) is 0 Å². The van der Waals surface area contributed by atoms with E-state index in [9.17, 15) is 9.59 Å². The normalized spacial score (nSPS) is 11.8. The van der Waals surface area contributed by atoms with Crippen LogP contribution in [-0.4, -0.2) is 21.6 Å². The molecule has 4 aromatic rings. The van der Waals surface area contributed by atoms with E-state index >= 15 is 0 Å². The monoisotopic (exact) mass is 419 g/mol. The second-order valence-corrected chi connectivity index (χ2v) is 6.96. The van der Waals surface area contributed by atoms with E-state index in [1.807, 2.05) is 18.2 Å². The van der Waals surface area contributed by atoms with Crippen LogP contribution in [0.2, 0.25) is 0 Å². The molecule has 0 saturated carbocycles. The molecule has 0 unspecified atom stereocenters. The van der Waals surface area contributed by atoms with Crippen molar-refractivity contribution in [3.63, 3.8) is 0 Å². The molecule has 2 heterocycles. The number of carbonyl (C=O) groups is 1. The zero-order valence-corrected chi connectivity index (χ0v) is 17.1. The topological polar surface area (TPSA) is 95.1 Å². The number of anilines is 1. The van der Waals surface area contributed by atoms with E-state index in [0.29, 0.717) is 34.3 Å². The van der Waals surface area contributed by atoms with Crippen molar-refractivity contribution >= 4 is 17.2 Å². The average molecular weight is 419 g/mol. The van der Waals surface area contributed by atoms with Crippen LogP contribution in [0.25, 0.3) is 5.65 Å². The summed E-state index contributed by atoms with van der Waals surface area (Å²) in [5, 5.41) is 2.81. The molecule has 8 heteroatoms. The second kappa shape index (κ2) is 8.74. The number of aromatic nitrogens is 2. The molecule has 0 spiro atoms. The van der Waals surface area contributed by atoms with Crippen LogP contribution >= 0.6 is 0 Å². The fraction of sp³-hybridized carbons (Fsp3) is 0.174. The summed E-state index contributed by atoms with van der Waals surface area (Å²) in [4.78, 5) is 28.8. The maximum atomic E-state index is 12.3. The second-order valence-electron chi connectivity index (χ2n) is 6.96. The lowest BCUT2D eigenvalue weighted by atomic mass is 10.2. The Morgan fingerprint density at radius 3 is 2.58 bits per heavy atom. The van der Waals surface area contributed by atoms with Crippen LogP contribution in [0.5, 0.6) is 11.5 Å². The molecule has 0 radical (unpaired) electrons. The molecule has 4 rings (SSSR count).